The fourth-order valence-electron chi connectivity index (χ4n) is 4.00. The van der Waals surface area contributed by atoms with Crippen molar-refractivity contribution in [3.05, 3.63) is 67.1 Å². The van der Waals surface area contributed by atoms with Gasteiger partial charge in [0.1, 0.15) is 11.4 Å². The number of hydrogen-bond acceptors (Lipinski definition) is 9. The first-order chi connectivity index (χ1) is 18.3. The van der Waals surface area contributed by atoms with Crippen molar-refractivity contribution in [2.45, 2.75) is 6.54 Å². The lowest BCUT2D eigenvalue weighted by Gasteiger charge is -2.26. The summed E-state index contributed by atoms with van der Waals surface area (Å²) in [6.45, 7) is 5.47. The van der Waals surface area contributed by atoms with Crippen LogP contribution in [0.15, 0.2) is 61.4 Å². The maximum absolute atomic E-state index is 12.2. The monoisotopic (exact) mass is 515 g/mol. The van der Waals surface area contributed by atoms with Crippen LogP contribution < -0.4 is 26.0 Å². The third-order valence-electron chi connectivity index (χ3n) is 6.00. The molecule has 0 bridgehead atoms. The number of benzene rings is 1. The van der Waals surface area contributed by atoms with Crippen LogP contribution in [0, 0.1) is 0 Å². The van der Waals surface area contributed by atoms with E-state index in [1.807, 2.05) is 56.0 Å². The van der Waals surface area contributed by atoms with Gasteiger partial charge in [0, 0.05) is 45.1 Å². The molecule has 3 aromatic heterocycles. The number of amides is 1. The smallest absolute Gasteiger partial charge is 0.247 e. The molecule has 0 saturated carbocycles. The van der Waals surface area contributed by atoms with Crippen molar-refractivity contribution in [3.8, 4) is 17.3 Å². The molecule has 1 aromatic carbocycles. The molecule has 11 heteroatoms. The Morgan fingerprint density at radius 1 is 1.16 bits per heavy atom. The van der Waals surface area contributed by atoms with Crippen LogP contribution in [-0.4, -0.2) is 71.5 Å². The number of methoxy groups -OCH3 is 1. The predicted molar refractivity (Wildman–Crippen MR) is 151 cm³/mol. The second-order valence-electron chi connectivity index (χ2n) is 8.92. The maximum Gasteiger partial charge on any atom is 0.247 e. The molecule has 1 amide bonds. The van der Waals surface area contributed by atoms with Gasteiger partial charge in [0.2, 0.25) is 11.9 Å². The van der Waals surface area contributed by atoms with E-state index in [4.69, 9.17) is 20.4 Å². The lowest BCUT2D eigenvalue weighted by Crippen LogP contribution is -2.29. The minimum Gasteiger partial charge on any atom is -0.494 e. The van der Waals surface area contributed by atoms with Crippen molar-refractivity contribution in [2.24, 2.45) is 5.73 Å². The van der Waals surface area contributed by atoms with E-state index in [1.54, 1.807) is 25.4 Å². The minimum absolute atomic E-state index is 0.315. The summed E-state index contributed by atoms with van der Waals surface area (Å²) in [4.78, 5) is 30.2. The second kappa shape index (κ2) is 11.7. The van der Waals surface area contributed by atoms with Crippen molar-refractivity contribution in [1.29, 1.82) is 0 Å². The highest BCUT2D eigenvalue weighted by atomic mass is 16.5. The predicted octanol–water partition coefficient (Wildman–Crippen LogP) is 3.12. The van der Waals surface area contributed by atoms with Crippen LogP contribution in [0.25, 0.3) is 17.0 Å². The van der Waals surface area contributed by atoms with Gasteiger partial charge in [-0.3, -0.25) is 9.20 Å². The highest BCUT2D eigenvalue weighted by Crippen LogP contribution is 2.38. The fraction of sp³-hybridized carbons (Fsp3) is 0.259. The molecule has 4 N–H and O–H groups in total. The molecule has 0 saturated heterocycles. The molecule has 0 aliphatic heterocycles. The summed E-state index contributed by atoms with van der Waals surface area (Å²) in [6.07, 6.45) is 4.82. The van der Waals surface area contributed by atoms with Crippen molar-refractivity contribution in [2.75, 3.05) is 56.9 Å². The Hall–Kier alpha value is -4.48. The van der Waals surface area contributed by atoms with E-state index in [2.05, 4.69) is 32.0 Å². The van der Waals surface area contributed by atoms with E-state index in [0.717, 1.165) is 30.0 Å². The lowest BCUT2D eigenvalue weighted by molar-refractivity contribution is -0.111. The van der Waals surface area contributed by atoms with Crippen LogP contribution in [0.1, 0.15) is 5.69 Å². The normalized spacial score (nSPS) is 11.0. The third-order valence-corrected chi connectivity index (χ3v) is 6.00. The average Bonchev–Trinajstić information content (AvgIpc) is 3.31. The number of nitrogens with two attached hydrogens (primary N) is 1. The lowest BCUT2D eigenvalue weighted by atomic mass is 10.2. The molecule has 3 heterocycles. The number of likely N-dealkylation sites (N-methyl/N-ethyl adjacent to an activating group) is 2. The van der Waals surface area contributed by atoms with Gasteiger partial charge in [0.15, 0.2) is 5.82 Å². The van der Waals surface area contributed by atoms with Crippen LogP contribution >= 0.6 is 0 Å². The first-order valence-corrected chi connectivity index (χ1v) is 12.1. The van der Waals surface area contributed by atoms with Gasteiger partial charge in [-0.05, 0) is 44.4 Å². The van der Waals surface area contributed by atoms with E-state index in [-0.39, 0.29) is 5.91 Å². The number of fused-ring (bicyclic) bond motifs is 1. The number of aromatic nitrogens is 4. The zero-order chi connectivity index (χ0) is 27.2. The summed E-state index contributed by atoms with van der Waals surface area (Å²) in [5, 5.41) is 6.14. The number of ether oxygens (including phenoxy) is 1. The number of imidazole rings is 1. The van der Waals surface area contributed by atoms with Gasteiger partial charge < -0.3 is 30.9 Å². The summed E-state index contributed by atoms with van der Waals surface area (Å²) in [5.41, 5.74) is 10.2. The molecule has 198 valence electrons. The Morgan fingerprint density at radius 3 is 2.68 bits per heavy atom. The summed E-state index contributed by atoms with van der Waals surface area (Å²) in [5.74, 6) is 1.26. The first kappa shape index (κ1) is 26.6. The van der Waals surface area contributed by atoms with Crippen LogP contribution in [0.5, 0.6) is 5.75 Å². The van der Waals surface area contributed by atoms with Crippen LogP contribution in [0.4, 0.5) is 23.0 Å². The largest absolute Gasteiger partial charge is 0.494 e. The van der Waals surface area contributed by atoms with Crippen molar-refractivity contribution >= 4 is 34.4 Å². The van der Waals surface area contributed by atoms with E-state index >= 15 is 0 Å². The molecule has 11 nitrogen and oxygen atoms in total. The molecule has 0 unspecified atom stereocenters. The van der Waals surface area contributed by atoms with E-state index in [1.165, 1.54) is 6.08 Å². The first-order valence-electron chi connectivity index (χ1n) is 12.1. The molecule has 0 fully saturated rings. The van der Waals surface area contributed by atoms with E-state index in [9.17, 15) is 4.79 Å². The third kappa shape index (κ3) is 5.74. The number of carbonyl (C=O) groups excluding carboxylic acids is 1. The maximum atomic E-state index is 12.2. The highest BCUT2D eigenvalue weighted by Gasteiger charge is 2.18. The number of nitrogens with one attached hydrogen (secondary N) is 2. The summed E-state index contributed by atoms with van der Waals surface area (Å²) in [6, 6.07) is 11.3. The van der Waals surface area contributed by atoms with E-state index < -0.39 is 0 Å². The van der Waals surface area contributed by atoms with Gasteiger partial charge in [0.25, 0.3) is 0 Å². The minimum atomic E-state index is -0.316. The van der Waals surface area contributed by atoms with Crippen molar-refractivity contribution < 1.29 is 9.53 Å². The summed E-state index contributed by atoms with van der Waals surface area (Å²) < 4.78 is 7.65. The Morgan fingerprint density at radius 2 is 1.97 bits per heavy atom. The number of rotatable bonds is 11. The van der Waals surface area contributed by atoms with Gasteiger partial charge in [0.05, 0.1) is 35.4 Å². The number of pyridine rings is 1. The summed E-state index contributed by atoms with van der Waals surface area (Å²) in [7, 11) is 7.58. The SMILES string of the molecule is C=CC(=O)Nc1cc(Nc2nccc(-c3nc(CN)c4ccccn34)n2)c(OC)cc1N(C)CCN(C)C. The molecule has 0 radical (unpaired) electrons. The Labute approximate surface area is 222 Å². The van der Waals surface area contributed by atoms with Gasteiger partial charge in [-0.1, -0.05) is 12.6 Å². The van der Waals surface area contributed by atoms with Crippen LogP contribution in [0.3, 0.4) is 0 Å². The molecule has 38 heavy (non-hydrogen) atoms. The standard InChI is InChI=1S/C27H33N9O2/c1-6-25(37)30-19-15-20(24(38-5)16-23(19)35(4)14-13-34(2)3)33-27-29-11-10-18(32-27)26-31-21(17-28)22-9-7-8-12-36(22)26/h6-12,15-16H,1,13-14,17,28H2,2-5H3,(H,30,37)(H,29,32,33). The quantitative estimate of drug-likeness (QED) is 0.258. The average molecular weight is 516 g/mol. The molecule has 0 aliphatic carbocycles. The Bertz CT molecular complexity index is 1450. The number of carbonyl (C=O) groups is 1. The number of anilines is 4. The van der Waals surface area contributed by atoms with Gasteiger partial charge in [-0.25, -0.2) is 15.0 Å². The molecule has 0 spiro atoms. The Balaban J connectivity index is 1.71. The second-order valence-corrected chi connectivity index (χ2v) is 8.92. The molecular formula is C27H33N9O2. The van der Waals surface area contributed by atoms with Crippen LogP contribution in [0.2, 0.25) is 0 Å². The van der Waals surface area contributed by atoms with Crippen molar-refractivity contribution in [3.63, 3.8) is 0 Å². The molecule has 0 aliphatic rings. The zero-order valence-electron chi connectivity index (χ0n) is 22.1. The molecule has 4 rings (SSSR count). The van der Waals surface area contributed by atoms with E-state index in [0.29, 0.717) is 41.1 Å². The van der Waals surface area contributed by atoms with Gasteiger partial charge >= 0.3 is 0 Å². The molecular weight excluding hydrogens is 482 g/mol. The van der Waals surface area contributed by atoms with Gasteiger partial charge in [-0.15, -0.1) is 0 Å². The zero-order valence-corrected chi connectivity index (χ0v) is 22.1. The Kier molecular flexibility index (Phi) is 8.19. The molecule has 0 atom stereocenters. The molecule has 4 aromatic rings. The van der Waals surface area contributed by atoms with Gasteiger partial charge in [-0.2, -0.15) is 0 Å². The summed E-state index contributed by atoms with van der Waals surface area (Å²) >= 11 is 0. The topological polar surface area (TPSA) is 126 Å². The van der Waals surface area contributed by atoms with Crippen LogP contribution in [-0.2, 0) is 11.3 Å². The van der Waals surface area contributed by atoms with Crippen molar-refractivity contribution in [1.82, 2.24) is 24.3 Å². The number of nitrogens with zero attached hydrogens (tertiary/aromatic N) is 6. The highest BCUT2D eigenvalue weighted by molar-refractivity contribution is 6.02. The fourth-order valence-corrected chi connectivity index (χ4v) is 4.00. The number of hydrogen-bond donors (Lipinski definition) is 3.